The Kier molecular flexibility index (Phi) is 2.35. The summed E-state index contributed by atoms with van der Waals surface area (Å²) < 4.78 is 0. The van der Waals surface area contributed by atoms with Gasteiger partial charge in [0.1, 0.15) is 5.78 Å². The summed E-state index contributed by atoms with van der Waals surface area (Å²) in [7, 11) is 0. The van der Waals surface area contributed by atoms with Gasteiger partial charge in [0.2, 0.25) is 0 Å². The number of pyridine rings is 1. The first-order valence-electron chi connectivity index (χ1n) is 6.52. The molecule has 0 aliphatic heterocycles. The molecule has 0 amide bonds. The molecular formula is C15H19NO. The Morgan fingerprint density at radius 2 is 2.18 bits per heavy atom. The van der Waals surface area contributed by atoms with Gasteiger partial charge in [-0.3, -0.25) is 9.78 Å². The van der Waals surface area contributed by atoms with E-state index in [-0.39, 0.29) is 11.3 Å². The molecule has 3 saturated carbocycles. The third-order valence-corrected chi connectivity index (χ3v) is 4.97. The number of nitrogens with zero attached hydrogens (tertiary/aromatic N) is 1. The molecule has 0 spiro atoms. The van der Waals surface area contributed by atoms with Crippen LogP contribution in [0, 0.1) is 23.2 Å². The van der Waals surface area contributed by atoms with Gasteiger partial charge in [-0.2, -0.15) is 0 Å². The lowest BCUT2D eigenvalue weighted by Crippen LogP contribution is -2.56. The molecule has 2 bridgehead atoms. The maximum Gasteiger partial charge on any atom is 0.139 e. The van der Waals surface area contributed by atoms with Gasteiger partial charge < -0.3 is 0 Å². The minimum absolute atomic E-state index is 0.224. The van der Waals surface area contributed by atoms with Gasteiger partial charge in [0, 0.05) is 23.7 Å². The van der Waals surface area contributed by atoms with E-state index in [0.717, 1.165) is 30.9 Å². The van der Waals surface area contributed by atoms with Crippen molar-refractivity contribution >= 4 is 5.78 Å². The normalized spacial score (nSPS) is 34.2. The van der Waals surface area contributed by atoms with Gasteiger partial charge in [-0.15, -0.1) is 0 Å². The van der Waals surface area contributed by atoms with Crippen molar-refractivity contribution in [2.75, 3.05) is 0 Å². The van der Waals surface area contributed by atoms with Crippen LogP contribution in [0.1, 0.15) is 32.4 Å². The maximum absolute atomic E-state index is 12.4. The van der Waals surface area contributed by atoms with Crippen LogP contribution >= 0.6 is 0 Å². The van der Waals surface area contributed by atoms with Gasteiger partial charge in [0.15, 0.2) is 0 Å². The standard InChI is InChI=1S/C15H19NO/c1-15(2)11-7-10(14(17)13(15)9-11)8-12-5-3-4-6-16-12/h3-6,10-11,13H,7-9H2,1-2H3/t10-,11-,13-/m0/s1. The first kappa shape index (κ1) is 10.9. The monoisotopic (exact) mass is 229 g/mol. The molecule has 4 rings (SSSR count). The second kappa shape index (κ2) is 3.66. The van der Waals surface area contributed by atoms with Crippen LogP contribution in [0.4, 0.5) is 0 Å². The summed E-state index contributed by atoms with van der Waals surface area (Å²) in [5.74, 6) is 1.78. The molecule has 0 saturated heterocycles. The lowest BCUT2D eigenvalue weighted by molar-refractivity contribution is -0.156. The average Bonchev–Trinajstić information content (AvgIpc) is 2.32. The van der Waals surface area contributed by atoms with Crippen molar-refractivity contribution in [1.29, 1.82) is 0 Å². The highest BCUT2D eigenvalue weighted by Gasteiger charge is 2.57. The van der Waals surface area contributed by atoms with Crippen LogP contribution in [0.25, 0.3) is 0 Å². The molecule has 0 radical (unpaired) electrons. The third-order valence-electron chi connectivity index (χ3n) is 4.97. The van der Waals surface area contributed by atoms with Crippen LogP contribution in [0.3, 0.4) is 0 Å². The molecule has 0 unspecified atom stereocenters. The zero-order chi connectivity index (χ0) is 12.0. The van der Waals surface area contributed by atoms with E-state index in [4.69, 9.17) is 0 Å². The molecule has 3 aliphatic carbocycles. The molecule has 1 aromatic heterocycles. The smallest absolute Gasteiger partial charge is 0.139 e. The molecular weight excluding hydrogens is 210 g/mol. The molecule has 0 N–H and O–H groups in total. The number of Topliss-reactive ketones (excluding diaryl/α,β-unsaturated/α-hetero) is 1. The Hall–Kier alpha value is -1.18. The molecule has 0 aromatic carbocycles. The van der Waals surface area contributed by atoms with Gasteiger partial charge >= 0.3 is 0 Å². The zero-order valence-electron chi connectivity index (χ0n) is 10.5. The molecule has 3 fully saturated rings. The second-order valence-electron chi connectivity index (χ2n) is 6.17. The van der Waals surface area contributed by atoms with Crippen LogP contribution in [-0.4, -0.2) is 10.8 Å². The summed E-state index contributed by atoms with van der Waals surface area (Å²) >= 11 is 0. The highest BCUT2D eigenvalue weighted by Crippen LogP contribution is 2.59. The zero-order valence-corrected chi connectivity index (χ0v) is 10.5. The van der Waals surface area contributed by atoms with Crippen LogP contribution < -0.4 is 0 Å². The molecule has 3 aliphatic rings. The van der Waals surface area contributed by atoms with E-state index >= 15 is 0 Å². The lowest BCUT2D eigenvalue weighted by atomic mass is 9.46. The van der Waals surface area contributed by atoms with Gasteiger partial charge in [-0.05, 0) is 42.7 Å². The van der Waals surface area contributed by atoms with E-state index in [2.05, 4.69) is 18.8 Å². The van der Waals surface area contributed by atoms with Crippen molar-refractivity contribution in [1.82, 2.24) is 4.98 Å². The van der Waals surface area contributed by atoms with E-state index in [1.165, 1.54) is 0 Å². The predicted octanol–water partition coefficient (Wildman–Crippen LogP) is 2.88. The fourth-order valence-electron chi connectivity index (χ4n) is 3.60. The minimum atomic E-state index is 0.224. The molecule has 1 heterocycles. The van der Waals surface area contributed by atoms with Crippen molar-refractivity contribution in [3.05, 3.63) is 30.1 Å². The lowest BCUT2D eigenvalue weighted by Gasteiger charge is -2.57. The second-order valence-corrected chi connectivity index (χ2v) is 6.17. The van der Waals surface area contributed by atoms with Crippen LogP contribution in [0.2, 0.25) is 0 Å². The Balaban J connectivity index is 1.74. The summed E-state index contributed by atoms with van der Waals surface area (Å²) in [6, 6.07) is 5.95. The van der Waals surface area contributed by atoms with Crippen molar-refractivity contribution in [3.8, 4) is 0 Å². The molecule has 2 heteroatoms. The van der Waals surface area contributed by atoms with Crippen LogP contribution in [0.15, 0.2) is 24.4 Å². The Bertz CT molecular complexity index is 437. The quantitative estimate of drug-likeness (QED) is 0.780. The number of ketones is 1. The Morgan fingerprint density at radius 3 is 2.76 bits per heavy atom. The van der Waals surface area contributed by atoms with E-state index < -0.39 is 0 Å². The minimum Gasteiger partial charge on any atom is -0.299 e. The van der Waals surface area contributed by atoms with Crippen molar-refractivity contribution in [3.63, 3.8) is 0 Å². The number of fused-ring (bicyclic) bond motifs is 2. The van der Waals surface area contributed by atoms with E-state index in [0.29, 0.717) is 11.7 Å². The number of hydrogen-bond donors (Lipinski definition) is 0. The van der Waals surface area contributed by atoms with Gasteiger partial charge in [-0.1, -0.05) is 19.9 Å². The molecule has 90 valence electrons. The number of hydrogen-bond acceptors (Lipinski definition) is 2. The van der Waals surface area contributed by atoms with E-state index in [1.54, 1.807) is 0 Å². The van der Waals surface area contributed by atoms with Gasteiger partial charge in [0.25, 0.3) is 0 Å². The first-order chi connectivity index (χ1) is 8.09. The van der Waals surface area contributed by atoms with E-state index in [9.17, 15) is 4.79 Å². The van der Waals surface area contributed by atoms with Crippen molar-refractivity contribution in [2.24, 2.45) is 23.2 Å². The average molecular weight is 229 g/mol. The summed E-state index contributed by atoms with van der Waals surface area (Å²) in [4.78, 5) is 16.7. The summed E-state index contributed by atoms with van der Waals surface area (Å²) in [6.45, 7) is 4.50. The number of carbonyl (C=O) groups excluding carboxylic acids is 1. The third kappa shape index (κ3) is 1.62. The first-order valence-corrected chi connectivity index (χ1v) is 6.52. The SMILES string of the molecule is CC1(C)[C@H]2C[C@@H](Cc3ccccn3)C(=O)[C@@H]1C2. The predicted molar refractivity (Wildman–Crippen MR) is 66.4 cm³/mol. The Morgan fingerprint density at radius 1 is 1.35 bits per heavy atom. The summed E-state index contributed by atoms with van der Waals surface area (Å²) in [5.41, 5.74) is 1.32. The molecule has 17 heavy (non-hydrogen) atoms. The summed E-state index contributed by atoms with van der Waals surface area (Å²) in [5, 5.41) is 0. The molecule has 2 nitrogen and oxygen atoms in total. The number of aromatic nitrogens is 1. The molecule has 3 atom stereocenters. The maximum atomic E-state index is 12.4. The van der Waals surface area contributed by atoms with Gasteiger partial charge in [-0.25, -0.2) is 0 Å². The Labute approximate surface area is 102 Å². The van der Waals surface area contributed by atoms with Gasteiger partial charge in [0.05, 0.1) is 0 Å². The highest BCUT2D eigenvalue weighted by molar-refractivity contribution is 5.87. The van der Waals surface area contributed by atoms with Crippen molar-refractivity contribution < 1.29 is 4.79 Å². The van der Waals surface area contributed by atoms with Crippen LogP contribution in [0.5, 0.6) is 0 Å². The number of rotatable bonds is 2. The van der Waals surface area contributed by atoms with Crippen molar-refractivity contribution in [2.45, 2.75) is 33.1 Å². The number of carbonyl (C=O) groups is 1. The highest BCUT2D eigenvalue weighted by atomic mass is 16.1. The summed E-state index contributed by atoms with van der Waals surface area (Å²) in [6.07, 6.45) is 4.85. The van der Waals surface area contributed by atoms with Crippen LogP contribution in [-0.2, 0) is 11.2 Å². The largest absolute Gasteiger partial charge is 0.299 e. The fourth-order valence-corrected chi connectivity index (χ4v) is 3.60. The fraction of sp³-hybridized carbons (Fsp3) is 0.600. The molecule has 1 aromatic rings. The van der Waals surface area contributed by atoms with E-state index in [1.807, 2.05) is 24.4 Å². The topological polar surface area (TPSA) is 30.0 Å².